The molecule has 3 rings (SSSR count). The number of aromatic nitrogens is 3. The lowest BCUT2D eigenvalue weighted by atomic mass is 9.99. The minimum atomic E-state index is -1.03. The molecule has 142 valence electrons. The van der Waals surface area contributed by atoms with Crippen LogP contribution in [0.2, 0.25) is 0 Å². The van der Waals surface area contributed by atoms with Gasteiger partial charge in [0.1, 0.15) is 6.04 Å². The number of rotatable bonds is 8. The highest BCUT2D eigenvalue weighted by Gasteiger charge is 2.25. The van der Waals surface area contributed by atoms with Gasteiger partial charge in [0.05, 0.1) is 0 Å². The molecule has 0 radical (unpaired) electrons. The highest BCUT2D eigenvalue weighted by Crippen LogP contribution is 2.26. The van der Waals surface area contributed by atoms with Gasteiger partial charge in [0.2, 0.25) is 17.6 Å². The van der Waals surface area contributed by atoms with E-state index in [1.54, 1.807) is 6.92 Å². The van der Waals surface area contributed by atoms with Crippen LogP contribution in [0.5, 0.6) is 0 Å². The van der Waals surface area contributed by atoms with Crippen LogP contribution in [0.1, 0.15) is 32.6 Å². The molecule has 0 saturated heterocycles. The molecule has 0 aliphatic rings. The second kappa shape index (κ2) is 8.03. The minimum Gasteiger partial charge on any atom is -0.480 e. The van der Waals surface area contributed by atoms with Crippen LogP contribution < -0.4 is 5.32 Å². The smallest absolute Gasteiger partial charge is 0.326 e. The van der Waals surface area contributed by atoms with Crippen LogP contribution in [0.15, 0.2) is 35.0 Å². The summed E-state index contributed by atoms with van der Waals surface area (Å²) in [4.78, 5) is 30.9. The molecule has 8 heteroatoms. The predicted molar refractivity (Wildman–Crippen MR) is 98.9 cm³/mol. The lowest BCUT2D eigenvalue weighted by Gasteiger charge is -2.19. The molecule has 8 nitrogen and oxygen atoms in total. The maximum atomic E-state index is 12.1. The number of carbonyl (C=O) groups is 2. The number of aryl methyl sites for hydroxylation is 1. The summed E-state index contributed by atoms with van der Waals surface area (Å²) in [6, 6.07) is 6.81. The Morgan fingerprint density at radius 3 is 2.89 bits per heavy atom. The lowest BCUT2D eigenvalue weighted by molar-refractivity contribution is -0.143. The van der Waals surface area contributed by atoms with Crippen molar-refractivity contribution in [2.24, 2.45) is 5.92 Å². The summed E-state index contributed by atoms with van der Waals surface area (Å²) < 4.78 is 5.25. The van der Waals surface area contributed by atoms with Crippen LogP contribution in [0.4, 0.5) is 0 Å². The lowest BCUT2D eigenvalue weighted by Crippen LogP contribution is -2.45. The first kappa shape index (κ1) is 18.6. The summed E-state index contributed by atoms with van der Waals surface area (Å²) in [5.74, 6) is -0.738. The summed E-state index contributed by atoms with van der Waals surface area (Å²) in [6.07, 6.45) is 2.83. The molecule has 0 unspecified atom stereocenters. The zero-order valence-electron chi connectivity index (χ0n) is 15.2. The second-order valence-corrected chi connectivity index (χ2v) is 6.53. The van der Waals surface area contributed by atoms with Gasteiger partial charge in [0.15, 0.2) is 0 Å². The third kappa shape index (κ3) is 4.16. The van der Waals surface area contributed by atoms with E-state index < -0.39 is 12.0 Å². The number of nitrogens with zero attached hydrogens (tertiary/aromatic N) is 2. The molecule has 0 bridgehead atoms. The van der Waals surface area contributed by atoms with Gasteiger partial charge in [0, 0.05) is 35.5 Å². The van der Waals surface area contributed by atoms with Gasteiger partial charge in [-0.15, -0.1) is 0 Å². The molecule has 0 aliphatic carbocycles. The fraction of sp³-hybridized carbons (Fsp3) is 0.368. The molecule has 0 spiro atoms. The van der Waals surface area contributed by atoms with E-state index in [-0.39, 0.29) is 24.7 Å². The molecule has 1 amide bonds. The van der Waals surface area contributed by atoms with Crippen molar-refractivity contribution in [2.75, 3.05) is 0 Å². The number of nitrogens with one attached hydrogen (secondary N) is 2. The van der Waals surface area contributed by atoms with Crippen LogP contribution in [-0.4, -0.2) is 38.1 Å². The summed E-state index contributed by atoms with van der Waals surface area (Å²) >= 11 is 0. The summed E-state index contributed by atoms with van der Waals surface area (Å²) in [6.45, 7) is 3.68. The van der Waals surface area contributed by atoms with E-state index in [1.807, 2.05) is 37.4 Å². The van der Waals surface area contributed by atoms with E-state index in [1.165, 1.54) is 0 Å². The number of aromatic amines is 1. The predicted octanol–water partition coefficient (Wildman–Crippen LogP) is 2.77. The Hall–Kier alpha value is -3.16. The first-order valence-electron chi connectivity index (χ1n) is 8.90. The number of benzene rings is 1. The minimum absolute atomic E-state index is 0.0796. The number of hydrogen-bond donors (Lipinski definition) is 3. The third-order valence-corrected chi connectivity index (χ3v) is 4.67. The summed E-state index contributed by atoms with van der Waals surface area (Å²) in [5.41, 5.74) is 1.82. The molecule has 2 atom stereocenters. The van der Waals surface area contributed by atoms with Crippen molar-refractivity contribution < 1.29 is 19.2 Å². The van der Waals surface area contributed by atoms with E-state index in [2.05, 4.69) is 20.4 Å². The molecule has 0 saturated carbocycles. The van der Waals surface area contributed by atoms with Crippen molar-refractivity contribution in [3.05, 3.63) is 36.4 Å². The Balaban J connectivity index is 1.64. The van der Waals surface area contributed by atoms with E-state index in [4.69, 9.17) is 4.52 Å². The molecular weight excluding hydrogens is 348 g/mol. The maximum absolute atomic E-state index is 12.1. The molecule has 27 heavy (non-hydrogen) atoms. The number of fused-ring (bicyclic) bond motifs is 1. The van der Waals surface area contributed by atoms with Crippen LogP contribution >= 0.6 is 0 Å². The first-order valence-corrected chi connectivity index (χ1v) is 8.90. The Bertz CT molecular complexity index is 946. The number of hydrogen-bond acceptors (Lipinski definition) is 5. The Morgan fingerprint density at radius 1 is 1.33 bits per heavy atom. The maximum Gasteiger partial charge on any atom is 0.326 e. The van der Waals surface area contributed by atoms with Crippen LogP contribution in [0, 0.1) is 5.92 Å². The van der Waals surface area contributed by atoms with E-state index in [0.29, 0.717) is 18.1 Å². The van der Waals surface area contributed by atoms with Crippen molar-refractivity contribution in [3.8, 4) is 11.4 Å². The summed E-state index contributed by atoms with van der Waals surface area (Å²) in [7, 11) is 0. The molecule has 3 N–H and O–H groups in total. The molecule has 0 aliphatic heterocycles. The Kier molecular flexibility index (Phi) is 5.54. The fourth-order valence-electron chi connectivity index (χ4n) is 2.90. The van der Waals surface area contributed by atoms with Crippen molar-refractivity contribution >= 4 is 22.8 Å². The monoisotopic (exact) mass is 370 g/mol. The van der Waals surface area contributed by atoms with Gasteiger partial charge in [-0.2, -0.15) is 4.98 Å². The third-order valence-electron chi connectivity index (χ3n) is 4.67. The zero-order chi connectivity index (χ0) is 19.4. The molecule has 2 heterocycles. The Morgan fingerprint density at radius 2 is 2.15 bits per heavy atom. The molecule has 3 aromatic rings. The van der Waals surface area contributed by atoms with Gasteiger partial charge in [-0.1, -0.05) is 37.6 Å². The van der Waals surface area contributed by atoms with E-state index in [0.717, 1.165) is 16.5 Å². The number of amides is 1. The largest absolute Gasteiger partial charge is 0.480 e. The van der Waals surface area contributed by atoms with Crippen LogP contribution in [-0.2, 0) is 16.0 Å². The molecule has 1 aromatic carbocycles. The van der Waals surface area contributed by atoms with Crippen molar-refractivity contribution in [1.29, 1.82) is 0 Å². The average Bonchev–Trinajstić information content (AvgIpc) is 3.32. The van der Waals surface area contributed by atoms with Crippen molar-refractivity contribution in [3.63, 3.8) is 0 Å². The average molecular weight is 370 g/mol. The van der Waals surface area contributed by atoms with E-state index in [9.17, 15) is 14.7 Å². The van der Waals surface area contributed by atoms with Crippen molar-refractivity contribution in [2.45, 2.75) is 39.2 Å². The standard InChI is InChI=1S/C19H22N4O4/c1-3-11(2)17(19(25)26)21-15(24)7-8-16-22-18(23-27-16)13-5-4-6-14-12(13)9-10-20-14/h4-6,9-11,17,20H,3,7-8H2,1-2H3,(H,21,24)(H,25,26)/t11-,17-/m1/s1. The highest BCUT2D eigenvalue weighted by atomic mass is 16.5. The van der Waals surface area contributed by atoms with Gasteiger partial charge >= 0.3 is 5.97 Å². The van der Waals surface area contributed by atoms with Crippen LogP contribution in [0.25, 0.3) is 22.3 Å². The summed E-state index contributed by atoms with van der Waals surface area (Å²) in [5, 5.41) is 16.8. The highest BCUT2D eigenvalue weighted by molar-refractivity contribution is 5.93. The molecule has 2 aromatic heterocycles. The van der Waals surface area contributed by atoms with Gasteiger partial charge in [0.25, 0.3) is 0 Å². The zero-order valence-corrected chi connectivity index (χ0v) is 15.2. The molecule has 0 fully saturated rings. The van der Waals surface area contributed by atoms with Gasteiger partial charge in [-0.3, -0.25) is 4.79 Å². The number of aliphatic carboxylic acids is 1. The number of carbonyl (C=O) groups excluding carboxylic acids is 1. The first-order chi connectivity index (χ1) is 13.0. The number of carboxylic acids is 1. The number of H-pyrrole nitrogens is 1. The Labute approximate surface area is 156 Å². The van der Waals surface area contributed by atoms with Gasteiger partial charge in [-0.25, -0.2) is 4.79 Å². The van der Waals surface area contributed by atoms with Gasteiger partial charge < -0.3 is 19.9 Å². The SMILES string of the molecule is CC[C@@H](C)[C@@H](NC(=O)CCc1nc(-c2cccc3[nH]ccc23)no1)C(=O)O. The topological polar surface area (TPSA) is 121 Å². The van der Waals surface area contributed by atoms with Crippen LogP contribution in [0.3, 0.4) is 0 Å². The van der Waals surface area contributed by atoms with Crippen molar-refractivity contribution in [1.82, 2.24) is 20.4 Å². The second-order valence-electron chi connectivity index (χ2n) is 6.53. The quantitative estimate of drug-likeness (QED) is 0.560. The number of carboxylic acid groups (broad SMARTS) is 1. The normalized spacial score (nSPS) is 13.4. The fourth-order valence-corrected chi connectivity index (χ4v) is 2.90. The van der Waals surface area contributed by atoms with Gasteiger partial charge in [-0.05, 0) is 18.1 Å². The van der Waals surface area contributed by atoms with E-state index >= 15 is 0 Å². The molecular formula is C19H22N4O4.